The maximum absolute atomic E-state index is 13.0. The Bertz CT molecular complexity index is 419. The van der Waals surface area contributed by atoms with Crippen LogP contribution in [-0.4, -0.2) is 5.11 Å². The average molecular weight is 219 g/mol. The highest BCUT2D eigenvalue weighted by Gasteiger charge is 2.37. The summed E-state index contributed by atoms with van der Waals surface area (Å²) in [7, 11) is 0. The van der Waals surface area contributed by atoms with Crippen LogP contribution in [0.15, 0.2) is 12.1 Å². The molecule has 1 N–H and O–H groups in total. The van der Waals surface area contributed by atoms with Crippen LogP contribution in [0.1, 0.15) is 16.7 Å². The van der Waals surface area contributed by atoms with Gasteiger partial charge in [0.25, 0.3) is 0 Å². The van der Waals surface area contributed by atoms with Gasteiger partial charge in [-0.3, -0.25) is 0 Å². The molecule has 15 heavy (non-hydrogen) atoms. The quantitative estimate of drug-likeness (QED) is 0.736. The lowest BCUT2D eigenvalue weighted by atomic mass is 10.0. The third-order valence-electron chi connectivity index (χ3n) is 1.74. The zero-order valence-corrected chi connectivity index (χ0v) is 7.27. The van der Waals surface area contributed by atoms with E-state index in [0.29, 0.717) is 6.07 Å². The first kappa shape index (κ1) is 11.5. The van der Waals surface area contributed by atoms with Gasteiger partial charge in [0.2, 0.25) is 0 Å². The molecular formula is C9H5F4NO. The van der Waals surface area contributed by atoms with E-state index in [1.54, 1.807) is 0 Å². The number of nitriles is 1. The summed E-state index contributed by atoms with van der Waals surface area (Å²) < 4.78 is 49.8. The van der Waals surface area contributed by atoms with E-state index in [1.807, 2.05) is 0 Å². The molecule has 0 aromatic heterocycles. The Balaban J connectivity index is 3.47. The number of alkyl halides is 3. The molecular weight excluding hydrogens is 214 g/mol. The minimum absolute atomic E-state index is 0.0722. The van der Waals surface area contributed by atoms with Crippen molar-refractivity contribution in [3.8, 4) is 6.07 Å². The second-order valence-corrected chi connectivity index (χ2v) is 2.77. The molecule has 0 atom stereocenters. The molecule has 6 heteroatoms. The molecule has 1 aromatic rings. The fourth-order valence-electron chi connectivity index (χ4n) is 1.13. The Labute approximate surface area is 82.4 Å². The Hall–Kier alpha value is -1.61. The highest BCUT2D eigenvalue weighted by Crippen LogP contribution is 2.34. The SMILES string of the molecule is N#Cc1cc(CO)cc(F)c1C(F)(F)F. The summed E-state index contributed by atoms with van der Waals surface area (Å²) in [6.45, 7) is -0.621. The van der Waals surface area contributed by atoms with Crippen LogP contribution >= 0.6 is 0 Å². The zero-order chi connectivity index (χ0) is 11.6. The number of nitrogens with zero attached hydrogens (tertiary/aromatic N) is 1. The molecule has 0 bridgehead atoms. The molecule has 0 aliphatic heterocycles. The van der Waals surface area contributed by atoms with E-state index in [0.717, 1.165) is 6.07 Å². The number of benzene rings is 1. The number of hydrogen-bond acceptors (Lipinski definition) is 2. The summed E-state index contributed by atoms with van der Waals surface area (Å²) in [4.78, 5) is 0. The topological polar surface area (TPSA) is 44.0 Å². The van der Waals surface area contributed by atoms with Crippen molar-refractivity contribution in [1.82, 2.24) is 0 Å². The molecule has 0 aliphatic carbocycles. The Morgan fingerprint density at radius 2 is 1.93 bits per heavy atom. The van der Waals surface area contributed by atoms with E-state index in [9.17, 15) is 17.6 Å². The van der Waals surface area contributed by atoms with Gasteiger partial charge in [0.1, 0.15) is 11.4 Å². The van der Waals surface area contributed by atoms with Gasteiger partial charge in [-0.25, -0.2) is 4.39 Å². The van der Waals surface area contributed by atoms with E-state index in [2.05, 4.69) is 0 Å². The fourth-order valence-corrected chi connectivity index (χ4v) is 1.13. The van der Waals surface area contributed by atoms with Gasteiger partial charge in [0, 0.05) is 0 Å². The van der Waals surface area contributed by atoms with Gasteiger partial charge in [-0.1, -0.05) is 0 Å². The molecule has 80 valence electrons. The zero-order valence-electron chi connectivity index (χ0n) is 7.27. The van der Waals surface area contributed by atoms with Crippen LogP contribution in [0.2, 0.25) is 0 Å². The number of aliphatic hydroxyl groups is 1. The van der Waals surface area contributed by atoms with Gasteiger partial charge in [0.05, 0.1) is 18.2 Å². The van der Waals surface area contributed by atoms with E-state index in [1.165, 1.54) is 6.07 Å². The van der Waals surface area contributed by atoms with Crippen molar-refractivity contribution in [3.63, 3.8) is 0 Å². The Morgan fingerprint density at radius 1 is 1.33 bits per heavy atom. The molecule has 0 heterocycles. The lowest BCUT2D eigenvalue weighted by Crippen LogP contribution is -2.11. The van der Waals surface area contributed by atoms with Crippen LogP contribution in [-0.2, 0) is 12.8 Å². The van der Waals surface area contributed by atoms with E-state index in [-0.39, 0.29) is 5.56 Å². The second-order valence-electron chi connectivity index (χ2n) is 2.77. The Morgan fingerprint density at radius 3 is 2.33 bits per heavy atom. The first-order valence-corrected chi connectivity index (χ1v) is 3.80. The number of aliphatic hydroxyl groups excluding tert-OH is 1. The highest BCUT2D eigenvalue weighted by atomic mass is 19.4. The van der Waals surface area contributed by atoms with Crippen LogP contribution in [0.5, 0.6) is 0 Å². The van der Waals surface area contributed by atoms with Crippen molar-refractivity contribution in [2.75, 3.05) is 0 Å². The number of hydrogen-bond donors (Lipinski definition) is 1. The Kier molecular flexibility index (Phi) is 2.95. The fraction of sp³-hybridized carbons (Fsp3) is 0.222. The van der Waals surface area contributed by atoms with Crippen molar-refractivity contribution in [2.24, 2.45) is 0 Å². The summed E-state index contributed by atoms with van der Waals surface area (Å²) >= 11 is 0. The van der Waals surface area contributed by atoms with Crippen LogP contribution in [0.3, 0.4) is 0 Å². The maximum Gasteiger partial charge on any atom is 0.420 e. The summed E-state index contributed by atoms with van der Waals surface area (Å²) in [5, 5.41) is 17.0. The molecule has 2 nitrogen and oxygen atoms in total. The smallest absolute Gasteiger partial charge is 0.392 e. The number of rotatable bonds is 1. The largest absolute Gasteiger partial charge is 0.420 e. The van der Waals surface area contributed by atoms with Gasteiger partial charge >= 0.3 is 6.18 Å². The monoisotopic (exact) mass is 219 g/mol. The van der Waals surface area contributed by atoms with Crippen LogP contribution in [0, 0.1) is 17.1 Å². The molecule has 0 saturated carbocycles. The molecule has 0 aliphatic rings. The predicted octanol–water partition coefficient (Wildman–Crippen LogP) is 2.21. The molecule has 1 rings (SSSR count). The molecule has 1 aromatic carbocycles. The molecule has 0 spiro atoms. The first-order valence-electron chi connectivity index (χ1n) is 3.80. The third-order valence-corrected chi connectivity index (χ3v) is 1.74. The number of halogens is 4. The van der Waals surface area contributed by atoms with E-state index in [4.69, 9.17) is 10.4 Å². The predicted molar refractivity (Wildman–Crippen MR) is 42.0 cm³/mol. The van der Waals surface area contributed by atoms with Gasteiger partial charge in [-0.2, -0.15) is 18.4 Å². The lowest BCUT2D eigenvalue weighted by molar-refractivity contribution is -0.140. The second kappa shape index (κ2) is 3.87. The standard InChI is InChI=1S/C9H5F4NO/c10-7-2-5(4-15)1-6(3-14)8(7)9(11,12)13/h1-2,15H,4H2. The summed E-state index contributed by atoms with van der Waals surface area (Å²) in [5.41, 5.74) is -2.49. The molecule has 0 radical (unpaired) electrons. The van der Waals surface area contributed by atoms with Gasteiger partial charge in [-0.15, -0.1) is 0 Å². The van der Waals surface area contributed by atoms with Crippen molar-refractivity contribution in [2.45, 2.75) is 12.8 Å². The van der Waals surface area contributed by atoms with E-state index >= 15 is 0 Å². The van der Waals surface area contributed by atoms with Crippen molar-refractivity contribution in [3.05, 3.63) is 34.6 Å². The van der Waals surface area contributed by atoms with Crippen molar-refractivity contribution in [1.29, 1.82) is 5.26 Å². The van der Waals surface area contributed by atoms with Gasteiger partial charge < -0.3 is 5.11 Å². The van der Waals surface area contributed by atoms with Crippen molar-refractivity contribution >= 4 is 0 Å². The average Bonchev–Trinajstić information content (AvgIpc) is 2.14. The van der Waals surface area contributed by atoms with E-state index < -0.39 is 29.7 Å². The van der Waals surface area contributed by atoms with Crippen molar-refractivity contribution < 1.29 is 22.7 Å². The molecule has 0 unspecified atom stereocenters. The van der Waals surface area contributed by atoms with Crippen LogP contribution in [0.4, 0.5) is 17.6 Å². The van der Waals surface area contributed by atoms with Gasteiger partial charge in [-0.05, 0) is 17.7 Å². The van der Waals surface area contributed by atoms with Crippen LogP contribution in [0.25, 0.3) is 0 Å². The third kappa shape index (κ3) is 2.25. The maximum atomic E-state index is 13.0. The summed E-state index contributed by atoms with van der Waals surface area (Å²) in [6.07, 6.45) is -4.91. The molecule has 0 fully saturated rings. The highest BCUT2D eigenvalue weighted by molar-refractivity contribution is 5.43. The summed E-state index contributed by atoms with van der Waals surface area (Å²) in [6, 6.07) is 2.62. The minimum atomic E-state index is -4.91. The first-order chi connectivity index (χ1) is 6.90. The molecule has 0 amide bonds. The summed E-state index contributed by atoms with van der Waals surface area (Å²) in [5.74, 6) is -1.55. The van der Waals surface area contributed by atoms with Crippen LogP contribution < -0.4 is 0 Å². The lowest BCUT2D eigenvalue weighted by Gasteiger charge is -2.10. The minimum Gasteiger partial charge on any atom is -0.392 e. The normalized spacial score (nSPS) is 11.2. The van der Waals surface area contributed by atoms with Gasteiger partial charge in [0.15, 0.2) is 0 Å². The molecule has 0 saturated heterocycles.